The zero-order valence-electron chi connectivity index (χ0n) is 11.4. The highest BCUT2D eigenvalue weighted by Crippen LogP contribution is 2.09. The average molecular weight is 286 g/mol. The minimum atomic E-state index is -1.03. The summed E-state index contributed by atoms with van der Waals surface area (Å²) >= 11 is 0. The number of aromatic nitrogens is 1. The second kappa shape index (κ2) is 6.51. The summed E-state index contributed by atoms with van der Waals surface area (Å²) < 4.78 is 4.95. The molecule has 0 bridgehead atoms. The molecule has 2 aromatic rings. The second-order valence-corrected chi connectivity index (χ2v) is 4.44. The maximum absolute atomic E-state index is 12.2. The molecule has 2 rings (SSSR count). The monoisotopic (exact) mass is 286 g/mol. The van der Waals surface area contributed by atoms with Gasteiger partial charge in [-0.3, -0.25) is 9.78 Å². The van der Waals surface area contributed by atoms with Gasteiger partial charge in [0.05, 0.1) is 12.5 Å². The van der Waals surface area contributed by atoms with Gasteiger partial charge in [-0.25, -0.2) is 4.79 Å². The van der Waals surface area contributed by atoms with Gasteiger partial charge in [-0.15, -0.1) is 0 Å². The summed E-state index contributed by atoms with van der Waals surface area (Å²) in [4.78, 5) is 28.2. The highest BCUT2D eigenvalue weighted by Gasteiger charge is 2.13. The number of nitrogens with zero attached hydrogens (tertiary/aromatic N) is 2. The maximum atomic E-state index is 12.2. The minimum absolute atomic E-state index is 0.218. The fourth-order valence-electron chi connectivity index (χ4n) is 1.72. The Kier molecular flexibility index (Phi) is 4.50. The van der Waals surface area contributed by atoms with Crippen LogP contribution in [0.1, 0.15) is 21.6 Å². The summed E-state index contributed by atoms with van der Waals surface area (Å²) in [6.07, 6.45) is 7.02. The molecule has 6 nitrogen and oxygen atoms in total. The number of aliphatic carboxylic acids is 1. The number of furan rings is 1. The molecule has 0 aliphatic carbocycles. The van der Waals surface area contributed by atoms with Crippen molar-refractivity contribution in [3.63, 3.8) is 0 Å². The first-order valence-electron chi connectivity index (χ1n) is 6.20. The molecule has 6 heteroatoms. The van der Waals surface area contributed by atoms with Crippen molar-refractivity contribution in [1.29, 1.82) is 0 Å². The Morgan fingerprint density at radius 3 is 2.76 bits per heavy atom. The molecule has 0 unspecified atom stereocenters. The number of carboxylic acid groups (broad SMARTS) is 1. The van der Waals surface area contributed by atoms with Crippen LogP contribution in [0.5, 0.6) is 0 Å². The third kappa shape index (κ3) is 4.04. The number of carboxylic acids is 1. The SMILES string of the molecule is CN(Cc1ccoc1)C(=O)c1ccc(C=CC(=O)O)cn1. The highest BCUT2D eigenvalue weighted by molar-refractivity contribution is 5.92. The molecule has 0 saturated heterocycles. The molecule has 0 spiro atoms. The van der Waals surface area contributed by atoms with E-state index in [1.807, 2.05) is 0 Å². The van der Waals surface area contributed by atoms with Crippen LogP contribution in [0.4, 0.5) is 0 Å². The minimum Gasteiger partial charge on any atom is -0.478 e. The molecule has 0 atom stereocenters. The van der Waals surface area contributed by atoms with E-state index < -0.39 is 5.97 Å². The van der Waals surface area contributed by atoms with Crippen LogP contribution in [0.15, 0.2) is 47.4 Å². The predicted octanol–water partition coefficient (Wildman–Crippen LogP) is 2.04. The predicted molar refractivity (Wildman–Crippen MR) is 75.4 cm³/mol. The van der Waals surface area contributed by atoms with E-state index in [2.05, 4.69) is 4.98 Å². The fraction of sp³-hybridized carbons (Fsp3) is 0.133. The van der Waals surface area contributed by atoms with Gasteiger partial charge in [0.1, 0.15) is 5.69 Å². The molecule has 0 aliphatic heterocycles. The fourth-order valence-corrected chi connectivity index (χ4v) is 1.72. The lowest BCUT2D eigenvalue weighted by Gasteiger charge is -2.15. The zero-order chi connectivity index (χ0) is 15.2. The molecule has 0 fully saturated rings. The van der Waals surface area contributed by atoms with Gasteiger partial charge in [-0.2, -0.15) is 0 Å². The summed E-state index contributed by atoms with van der Waals surface area (Å²) in [7, 11) is 1.68. The largest absolute Gasteiger partial charge is 0.478 e. The van der Waals surface area contributed by atoms with E-state index >= 15 is 0 Å². The van der Waals surface area contributed by atoms with Crippen LogP contribution >= 0.6 is 0 Å². The lowest BCUT2D eigenvalue weighted by Crippen LogP contribution is -2.26. The van der Waals surface area contributed by atoms with Crippen LogP contribution in [-0.4, -0.2) is 33.9 Å². The van der Waals surface area contributed by atoms with Crippen molar-refractivity contribution in [2.24, 2.45) is 0 Å². The number of hydrogen-bond donors (Lipinski definition) is 1. The van der Waals surface area contributed by atoms with Crippen LogP contribution in [0.25, 0.3) is 6.08 Å². The van der Waals surface area contributed by atoms with Gasteiger partial charge in [-0.1, -0.05) is 6.07 Å². The van der Waals surface area contributed by atoms with Crippen molar-refractivity contribution in [2.75, 3.05) is 7.05 Å². The number of rotatable bonds is 5. The molecular formula is C15H14N2O4. The van der Waals surface area contributed by atoms with E-state index in [9.17, 15) is 9.59 Å². The van der Waals surface area contributed by atoms with E-state index in [-0.39, 0.29) is 5.91 Å². The summed E-state index contributed by atoms with van der Waals surface area (Å²) in [5.41, 5.74) is 1.81. The van der Waals surface area contributed by atoms with Gasteiger partial charge in [0.25, 0.3) is 5.91 Å². The van der Waals surface area contributed by atoms with Gasteiger partial charge >= 0.3 is 5.97 Å². The number of amides is 1. The summed E-state index contributed by atoms with van der Waals surface area (Å²) in [6.45, 7) is 0.428. The Morgan fingerprint density at radius 1 is 1.38 bits per heavy atom. The quantitative estimate of drug-likeness (QED) is 0.850. The first kappa shape index (κ1) is 14.5. The van der Waals surface area contributed by atoms with E-state index in [0.717, 1.165) is 11.6 Å². The maximum Gasteiger partial charge on any atom is 0.328 e. The molecule has 108 valence electrons. The van der Waals surface area contributed by atoms with Crippen LogP contribution in [0, 0.1) is 0 Å². The van der Waals surface area contributed by atoms with Crippen LogP contribution < -0.4 is 0 Å². The smallest absolute Gasteiger partial charge is 0.328 e. The van der Waals surface area contributed by atoms with Crippen molar-refractivity contribution >= 4 is 18.0 Å². The summed E-state index contributed by atoms with van der Waals surface area (Å²) in [6, 6.07) is 5.00. The Morgan fingerprint density at radius 2 is 2.19 bits per heavy atom. The Balaban J connectivity index is 2.03. The number of pyridine rings is 1. The van der Waals surface area contributed by atoms with Gasteiger partial charge in [0.2, 0.25) is 0 Å². The normalized spacial score (nSPS) is 10.7. The van der Waals surface area contributed by atoms with Crippen molar-refractivity contribution in [3.05, 3.63) is 59.8 Å². The zero-order valence-corrected chi connectivity index (χ0v) is 11.4. The molecule has 0 aromatic carbocycles. The van der Waals surface area contributed by atoms with Crippen molar-refractivity contribution < 1.29 is 19.1 Å². The molecule has 2 heterocycles. The van der Waals surface area contributed by atoms with Gasteiger partial charge in [0, 0.05) is 31.4 Å². The van der Waals surface area contributed by atoms with E-state index in [4.69, 9.17) is 9.52 Å². The van der Waals surface area contributed by atoms with E-state index in [0.29, 0.717) is 17.8 Å². The Labute approximate surface area is 121 Å². The average Bonchev–Trinajstić information content (AvgIpc) is 2.97. The molecule has 1 N–H and O–H groups in total. The van der Waals surface area contributed by atoms with Crippen molar-refractivity contribution in [3.8, 4) is 0 Å². The second-order valence-electron chi connectivity index (χ2n) is 4.44. The van der Waals surface area contributed by atoms with E-state index in [1.54, 1.807) is 37.8 Å². The Hall–Kier alpha value is -2.89. The molecule has 0 aliphatic rings. The van der Waals surface area contributed by atoms with E-state index in [1.165, 1.54) is 17.2 Å². The molecular weight excluding hydrogens is 272 g/mol. The lowest BCUT2D eigenvalue weighted by molar-refractivity contribution is -0.131. The first-order chi connectivity index (χ1) is 10.1. The van der Waals surface area contributed by atoms with Crippen LogP contribution in [0.3, 0.4) is 0 Å². The van der Waals surface area contributed by atoms with Gasteiger partial charge in [-0.05, 0) is 23.8 Å². The summed E-state index contributed by atoms with van der Waals surface area (Å²) in [5, 5.41) is 8.54. The van der Waals surface area contributed by atoms with Crippen molar-refractivity contribution in [2.45, 2.75) is 6.54 Å². The van der Waals surface area contributed by atoms with Crippen LogP contribution in [-0.2, 0) is 11.3 Å². The molecule has 0 radical (unpaired) electrons. The van der Waals surface area contributed by atoms with Gasteiger partial charge < -0.3 is 14.4 Å². The van der Waals surface area contributed by atoms with Crippen molar-refractivity contribution in [1.82, 2.24) is 9.88 Å². The molecule has 0 saturated carbocycles. The lowest BCUT2D eigenvalue weighted by atomic mass is 10.2. The van der Waals surface area contributed by atoms with Gasteiger partial charge in [0.15, 0.2) is 0 Å². The third-order valence-electron chi connectivity index (χ3n) is 2.77. The molecule has 2 aromatic heterocycles. The Bertz CT molecular complexity index is 645. The summed E-state index contributed by atoms with van der Waals surface area (Å²) in [5.74, 6) is -1.25. The molecule has 1 amide bonds. The number of carbonyl (C=O) groups excluding carboxylic acids is 1. The number of carbonyl (C=O) groups is 2. The standard InChI is InChI=1S/C15H14N2O4/c1-17(9-12-6-7-21-10-12)15(20)13-4-2-11(8-16-13)3-5-14(18)19/h2-8,10H,9H2,1H3,(H,18,19). The third-order valence-corrected chi connectivity index (χ3v) is 2.77. The topological polar surface area (TPSA) is 83.6 Å². The molecule has 21 heavy (non-hydrogen) atoms. The first-order valence-corrected chi connectivity index (χ1v) is 6.20. The highest BCUT2D eigenvalue weighted by atomic mass is 16.4. The van der Waals surface area contributed by atoms with Crippen LogP contribution in [0.2, 0.25) is 0 Å². The number of hydrogen-bond acceptors (Lipinski definition) is 4.